The van der Waals surface area contributed by atoms with E-state index in [4.69, 9.17) is 0 Å². The third kappa shape index (κ3) is 33.5. The van der Waals surface area contributed by atoms with Crippen LogP contribution < -0.4 is 0 Å². The zero-order valence-electron chi connectivity index (χ0n) is 59.4. The molecule has 12 heteroatoms. The lowest BCUT2D eigenvalue weighted by Gasteiger charge is -2.15. The Hall–Kier alpha value is 0.600. The van der Waals surface area contributed by atoms with E-state index in [1.54, 1.807) is 16.9 Å². The minimum absolute atomic E-state index is 0.343. The van der Waals surface area contributed by atoms with Gasteiger partial charge in [-0.1, -0.05) is 429 Å². The van der Waals surface area contributed by atoms with Gasteiger partial charge >= 0.3 is 0 Å². The first-order valence-electron chi connectivity index (χ1n) is 37.7. The van der Waals surface area contributed by atoms with Gasteiger partial charge in [0.25, 0.3) is 0 Å². The molecule has 2 aromatic carbocycles. The normalized spacial score (nSPS) is 15.2. The number of benzene rings is 2. The summed E-state index contributed by atoms with van der Waals surface area (Å²) in [7, 11) is 0. The SMILES string of the molecule is CCCCCCCCCCCCSC1=C(SCCCCCCCCCCCC)SC(=C2SC=C(c3ccc(C(=C=C(c4ccc(C5=CSC(=C6SC(SCCCCCCCCCCCC)=C(SCCCCCCCCCCCC)S6)S5)cc4)C(C)C)C(C)C)cc3)S2)S1. The van der Waals surface area contributed by atoms with E-state index in [9.17, 15) is 0 Å². The number of rotatable bonds is 54. The summed E-state index contributed by atoms with van der Waals surface area (Å²) in [4.78, 5) is 2.75. The van der Waals surface area contributed by atoms with Crippen LogP contribution >= 0.6 is 141 Å². The molecular weight excluding hydrogens is 1360 g/mol. The molecule has 0 bridgehead atoms. The highest BCUT2D eigenvalue weighted by atomic mass is 32.3. The van der Waals surface area contributed by atoms with E-state index in [-0.39, 0.29) is 0 Å². The smallest absolute Gasteiger partial charge is 0.0717 e. The van der Waals surface area contributed by atoms with E-state index in [2.05, 4.69) is 215 Å². The molecule has 4 heterocycles. The summed E-state index contributed by atoms with van der Waals surface area (Å²) < 4.78 is 12.2. The maximum Gasteiger partial charge on any atom is 0.0717 e. The summed E-state index contributed by atoms with van der Waals surface area (Å²) in [6.45, 7) is 18.6. The van der Waals surface area contributed by atoms with Crippen LogP contribution in [0.5, 0.6) is 0 Å². The van der Waals surface area contributed by atoms with Crippen LogP contribution in [0.2, 0.25) is 0 Å². The minimum atomic E-state index is 0.343. The topological polar surface area (TPSA) is 0 Å². The van der Waals surface area contributed by atoms with Crippen LogP contribution in [0.1, 0.15) is 334 Å². The van der Waals surface area contributed by atoms with Crippen molar-refractivity contribution in [3.63, 3.8) is 0 Å². The lowest BCUT2D eigenvalue weighted by molar-refractivity contribution is 0.563. The van der Waals surface area contributed by atoms with Crippen LogP contribution in [0.25, 0.3) is 21.0 Å². The number of hydrogen-bond donors (Lipinski definition) is 0. The third-order valence-corrected chi connectivity index (χ3v) is 34.9. The molecule has 0 fully saturated rings. The van der Waals surface area contributed by atoms with Crippen molar-refractivity contribution in [1.82, 2.24) is 0 Å². The molecule has 0 N–H and O–H groups in total. The fourth-order valence-corrected chi connectivity index (χ4v) is 29.1. The Bertz CT molecular complexity index is 2390. The molecule has 0 radical (unpaired) electrons. The molecule has 0 aliphatic carbocycles. The molecular formula is C81H124S12. The summed E-state index contributed by atoms with van der Waals surface area (Å²) in [5.41, 5.74) is 11.8. The van der Waals surface area contributed by atoms with Crippen molar-refractivity contribution in [2.75, 3.05) is 23.0 Å². The largest absolute Gasteiger partial charge is 0.117 e. The van der Waals surface area contributed by atoms with Gasteiger partial charge in [0, 0.05) is 21.0 Å². The van der Waals surface area contributed by atoms with Gasteiger partial charge in [-0.05, 0) is 93.6 Å². The van der Waals surface area contributed by atoms with Crippen molar-refractivity contribution in [1.29, 1.82) is 0 Å². The van der Waals surface area contributed by atoms with E-state index in [0.717, 1.165) is 0 Å². The quantitative estimate of drug-likeness (QED) is 0.0458. The number of thioether (sulfide) groups is 12. The van der Waals surface area contributed by atoms with Gasteiger partial charge in [-0.3, -0.25) is 0 Å². The maximum absolute atomic E-state index is 4.06. The van der Waals surface area contributed by atoms with Crippen molar-refractivity contribution in [3.8, 4) is 0 Å². The Morgan fingerprint density at radius 1 is 0.290 bits per heavy atom. The molecule has 0 saturated heterocycles. The molecule has 4 aliphatic rings. The minimum Gasteiger partial charge on any atom is -0.117 e. The van der Waals surface area contributed by atoms with E-state index >= 15 is 0 Å². The highest BCUT2D eigenvalue weighted by Gasteiger charge is 2.30. The van der Waals surface area contributed by atoms with Gasteiger partial charge in [0.15, 0.2) is 0 Å². The molecule has 0 atom stereocenters. The molecule has 0 saturated carbocycles. The molecule has 0 amide bonds. The summed E-state index contributed by atoms with van der Waals surface area (Å²) in [5, 5.41) is 4.83. The predicted octanol–water partition coefficient (Wildman–Crippen LogP) is 33.7. The molecule has 93 heavy (non-hydrogen) atoms. The molecule has 520 valence electrons. The van der Waals surface area contributed by atoms with Gasteiger partial charge in [-0.15, -0.1) is 52.8 Å². The molecule has 0 spiro atoms. The van der Waals surface area contributed by atoms with E-state index in [1.807, 2.05) is 47.0 Å². The molecule has 0 nitrogen and oxygen atoms in total. The second-order valence-electron chi connectivity index (χ2n) is 26.7. The Morgan fingerprint density at radius 2 is 0.516 bits per heavy atom. The third-order valence-electron chi connectivity index (χ3n) is 17.7. The molecule has 2 aromatic rings. The van der Waals surface area contributed by atoms with Crippen LogP contribution in [-0.4, -0.2) is 23.0 Å². The van der Waals surface area contributed by atoms with Crippen molar-refractivity contribution >= 4 is 162 Å². The Labute approximate surface area is 624 Å². The zero-order valence-corrected chi connectivity index (χ0v) is 69.2. The summed E-state index contributed by atoms with van der Waals surface area (Å²) in [6.07, 6.45) is 56.1. The molecule has 0 unspecified atom stereocenters. The molecule has 4 aliphatic heterocycles. The summed E-state index contributed by atoms with van der Waals surface area (Å²) in [5.74, 6) is 5.69. The monoisotopic (exact) mass is 1480 g/mol. The van der Waals surface area contributed by atoms with Crippen molar-refractivity contribution in [2.24, 2.45) is 11.8 Å². The lowest BCUT2D eigenvalue weighted by Crippen LogP contribution is -1.97. The summed E-state index contributed by atoms with van der Waals surface area (Å²) in [6, 6.07) is 19.0. The maximum atomic E-state index is 4.06. The number of allylic oxidation sites excluding steroid dienone is 1. The van der Waals surface area contributed by atoms with Crippen LogP contribution in [0.4, 0.5) is 0 Å². The number of hydrogen-bond acceptors (Lipinski definition) is 12. The first-order valence-corrected chi connectivity index (χ1v) is 48.3. The Balaban J connectivity index is 1.03. The van der Waals surface area contributed by atoms with Crippen molar-refractivity contribution in [2.45, 2.75) is 312 Å². The lowest BCUT2D eigenvalue weighted by atomic mass is 9.90. The highest BCUT2D eigenvalue weighted by Crippen LogP contribution is 2.65. The van der Waals surface area contributed by atoms with Gasteiger partial charge in [0.2, 0.25) is 0 Å². The fraction of sp³-hybridized carbons (Fsp3) is 0.667. The molecule has 0 aromatic heterocycles. The van der Waals surface area contributed by atoms with Crippen LogP contribution in [-0.2, 0) is 0 Å². The van der Waals surface area contributed by atoms with E-state index in [0.29, 0.717) is 11.8 Å². The fourth-order valence-electron chi connectivity index (χ4n) is 11.9. The first-order chi connectivity index (χ1) is 45.7. The van der Waals surface area contributed by atoms with Crippen molar-refractivity contribution in [3.05, 3.63) is 121 Å². The summed E-state index contributed by atoms with van der Waals surface area (Å²) >= 11 is 24.8. The van der Waals surface area contributed by atoms with Crippen LogP contribution in [0.3, 0.4) is 0 Å². The zero-order chi connectivity index (χ0) is 65.8. The van der Waals surface area contributed by atoms with Crippen LogP contribution in [0, 0.1) is 11.8 Å². The highest BCUT2D eigenvalue weighted by molar-refractivity contribution is 8.43. The van der Waals surface area contributed by atoms with Gasteiger partial charge in [0.05, 0.1) is 33.9 Å². The predicted molar refractivity (Wildman–Crippen MR) is 455 cm³/mol. The van der Waals surface area contributed by atoms with E-state index in [1.165, 1.54) is 340 Å². The van der Waals surface area contributed by atoms with Gasteiger partial charge in [-0.2, -0.15) is 0 Å². The van der Waals surface area contributed by atoms with Gasteiger partial charge in [0.1, 0.15) is 0 Å². The first kappa shape index (κ1) is 82.6. The van der Waals surface area contributed by atoms with Gasteiger partial charge < -0.3 is 0 Å². The second kappa shape index (κ2) is 52.5. The number of unbranched alkanes of at least 4 members (excludes halogenated alkanes) is 36. The standard InChI is InChI=1S/C81H124S12/c1-9-13-17-21-25-29-33-37-41-45-57-82-74-75(83-58-46-42-38-34-30-26-22-18-14-10-2)91-80(90-74)78-86-62-72(88-78)68-53-49-66(50-54-68)70(64(5)6)61-71(65(7)8)67-51-55-69(56-52-67)73-63-87-79(89-73)81-92-76(84-59-47-43-39-35-31-27-23-19-15-11-3)77(93-81)85-60-48-44-40-36-32-28-24-20-16-12-4/h49-56,62-65H,9-48,57-60H2,1-8H3. The average molecular weight is 1480 g/mol. The Kier molecular flexibility index (Phi) is 46.6. The van der Waals surface area contributed by atoms with Crippen LogP contribution in [0.15, 0.2) is 99.0 Å². The van der Waals surface area contributed by atoms with Crippen molar-refractivity contribution < 1.29 is 0 Å². The average Bonchev–Trinajstić information content (AvgIpc) is 1.77. The second-order valence-corrected chi connectivity index (χ2v) is 41.1. The molecule has 6 rings (SSSR count). The van der Waals surface area contributed by atoms with Gasteiger partial charge in [-0.25, -0.2) is 0 Å². The Morgan fingerprint density at radius 3 is 0.742 bits per heavy atom. The van der Waals surface area contributed by atoms with E-state index < -0.39 is 0 Å².